The monoisotopic (exact) mass is 310 g/mol. The normalized spacial score (nSPS) is 10.7. The largest absolute Gasteiger partial charge is 0.373 e. The molecular formula is C17H15FN4O. The van der Waals surface area contributed by atoms with Crippen molar-refractivity contribution in [3.63, 3.8) is 0 Å². The average Bonchev–Trinajstić information content (AvgIpc) is 2.55. The Kier molecular flexibility index (Phi) is 3.97. The number of nitrogens with one attached hydrogen (secondary N) is 1. The molecule has 0 spiro atoms. The van der Waals surface area contributed by atoms with Crippen molar-refractivity contribution >= 4 is 22.8 Å². The van der Waals surface area contributed by atoms with Crippen molar-refractivity contribution in [3.8, 4) is 11.3 Å². The zero-order valence-electron chi connectivity index (χ0n) is 12.8. The summed E-state index contributed by atoms with van der Waals surface area (Å²) in [5.41, 5.74) is 2.67. The number of nitrogens with zero attached hydrogens (tertiary/aromatic N) is 3. The topological polar surface area (TPSA) is 67.8 Å². The molecule has 6 heteroatoms. The van der Waals surface area contributed by atoms with Gasteiger partial charge in [0.15, 0.2) is 5.65 Å². The van der Waals surface area contributed by atoms with Crippen molar-refractivity contribution in [1.29, 1.82) is 0 Å². The highest BCUT2D eigenvalue weighted by atomic mass is 19.1. The van der Waals surface area contributed by atoms with Crippen LogP contribution < -0.4 is 5.32 Å². The van der Waals surface area contributed by atoms with Gasteiger partial charge in [-0.2, -0.15) is 0 Å². The van der Waals surface area contributed by atoms with E-state index in [2.05, 4.69) is 20.3 Å². The second kappa shape index (κ2) is 6.08. The number of hydrogen-bond acceptors (Lipinski definition) is 5. The highest BCUT2D eigenvalue weighted by Crippen LogP contribution is 2.22. The maximum atomic E-state index is 14.1. The molecule has 0 aliphatic carbocycles. The number of benzene rings is 1. The summed E-state index contributed by atoms with van der Waals surface area (Å²) in [5.74, 6) is 0.189. The van der Waals surface area contributed by atoms with Crippen molar-refractivity contribution in [1.82, 2.24) is 15.0 Å². The molecule has 0 bridgehead atoms. The maximum absolute atomic E-state index is 14.1. The van der Waals surface area contributed by atoms with E-state index in [1.807, 2.05) is 12.1 Å². The van der Waals surface area contributed by atoms with Gasteiger partial charge < -0.3 is 5.32 Å². The second-order valence-corrected chi connectivity index (χ2v) is 5.23. The van der Waals surface area contributed by atoms with Gasteiger partial charge in [-0.15, -0.1) is 0 Å². The Hall–Kier alpha value is -2.89. The van der Waals surface area contributed by atoms with Gasteiger partial charge in [0, 0.05) is 19.0 Å². The van der Waals surface area contributed by atoms with Crippen LogP contribution in [0.1, 0.15) is 12.5 Å². The van der Waals surface area contributed by atoms with Gasteiger partial charge in [-0.05, 0) is 30.7 Å². The fourth-order valence-electron chi connectivity index (χ4n) is 2.29. The van der Waals surface area contributed by atoms with Crippen LogP contribution in [0.4, 0.5) is 10.2 Å². The summed E-state index contributed by atoms with van der Waals surface area (Å²) < 4.78 is 14.1. The summed E-state index contributed by atoms with van der Waals surface area (Å²) in [7, 11) is 1.77. The minimum Gasteiger partial charge on any atom is -0.373 e. The molecule has 1 N–H and O–H groups in total. The molecule has 0 aliphatic rings. The molecule has 2 aromatic heterocycles. The Morgan fingerprint density at radius 3 is 2.74 bits per heavy atom. The van der Waals surface area contributed by atoms with Crippen LogP contribution in [0.3, 0.4) is 0 Å². The second-order valence-electron chi connectivity index (χ2n) is 5.23. The lowest BCUT2D eigenvalue weighted by molar-refractivity contribution is -0.116. The first kappa shape index (κ1) is 15.0. The van der Waals surface area contributed by atoms with Gasteiger partial charge in [0.2, 0.25) is 0 Å². The van der Waals surface area contributed by atoms with Crippen molar-refractivity contribution < 1.29 is 9.18 Å². The van der Waals surface area contributed by atoms with Crippen molar-refractivity contribution in [2.45, 2.75) is 13.3 Å². The first-order valence-corrected chi connectivity index (χ1v) is 7.16. The van der Waals surface area contributed by atoms with Crippen molar-refractivity contribution in [3.05, 3.63) is 47.9 Å². The number of halogens is 1. The molecule has 0 unspecified atom stereocenters. The molecule has 1 aromatic carbocycles. The first-order valence-electron chi connectivity index (χ1n) is 7.16. The molecule has 5 nitrogen and oxygen atoms in total. The molecule has 3 rings (SSSR count). The van der Waals surface area contributed by atoms with Gasteiger partial charge in [-0.1, -0.05) is 12.1 Å². The van der Waals surface area contributed by atoms with Crippen LogP contribution in [0.5, 0.6) is 0 Å². The van der Waals surface area contributed by atoms with Crippen LogP contribution in [0.25, 0.3) is 22.4 Å². The molecule has 0 saturated carbocycles. The Morgan fingerprint density at radius 2 is 2.04 bits per heavy atom. The molecule has 2 heterocycles. The van der Waals surface area contributed by atoms with Gasteiger partial charge >= 0.3 is 0 Å². The van der Waals surface area contributed by atoms with Gasteiger partial charge in [0.05, 0.1) is 11.9 Å². The molecule has 0 fully saturated rings. The van der Waals surface area contributed by atoms with E-state index < -0.39 is 5.82 Å². The van der Waals surface area contributed by atoms with Crippen LogP contribution in [0.2, 0.25) is 0 Å². The minimum atomic E-state index is -0.420. The third kappa shape index (κ3) is 3.15. The summed E-state index contributed by atoms with van der Waals surface area (Å²) in [6, 6.07) is 8.35. The van der Waals surface area contributed by atoms with Gasteiger partial charge in [-0.25, -0.2) is 14.4 Å². The van der Waals surface area contributed by atoms with E-state index in [9.17, 15) is 9.18 Å². The maximum Gasteiger partial charge on any atom is 0.180 e. The van der Waals surface area contributed by atoms with E-state index in [1.165, 1.54) is 13.0 Å². The number of pyridine rings is 1. The minimum absolute atomic E-state index is 0.0778. The van der Waals surface area contributed by atoms with E-state index in [0.717, 1.165) is 0 Å². The number of fused-ring (bicyclic) bond motifs is 1. The number of carbonyl (C=O) groups excluding carboxylic acids is 1. The zero-order chi connectivity index (χ0) is 16.4. The Morgan fingerprint density at radius 1 is 1.22 bits per heavy atom. The van der Waals surface area contributed by atoms with Crippen molar-refractivity contribution in [2.24, 2.45) is 0 Å². The van der Waals surface area contributed by atoms with Gasteiger partial charge in [0.1, 0.15) is 22.9 Å². The first-order chi connectivity index (χ1) is 11.1. The highest BCUT2D eigenvalue weighted by Gasteiger charge is 2.09. The predicted molar refractivity (Wildman–Crippen MR) is 86.7 cm³/mol. The summed E-state index contributed by atoms with van der Waals surface area (Å²) in [6.45, 7) is 1.44. The number of ketones is 1. The van der Waals surface area contributed by atoms with Crippen LogP contribution in [-0.4, -0.2) is 27.8 Å². The predicted octanol–water partition coefficient (Wildman–Crippen LogP) is 3.00. The summed E-state index contributed by atoms with van der Waals surface area (Å²) >= 11 is 0. The van der Waals surface area contributed by atoms with E-state index >= 15 is 0 Å². The lowest BCUT2D eigenvalue weighted by Gasteiger charge is -2.06. The van der Waals surface area contributed by atoms with Crippen LogP contribution in [0, 0.1) is 5.82 Å². The van der Waals surface area contributed by atoms with Gasteiger partial charge in [-0.3, -0.25) is 9.78 Å². The van der Waals surface area contributed by atoms with Crippen molar-refractivity contribution in [2.75, 3.05) is 12.4 Å². The zero-order valence-corrected chi connectivity index (χ0v) is 12.8. The summed E-state index contributed by atoms with van der Waals surface area (Å²) in [4.78, 5) is 24.2. The number of aromatic nitrogens is 3. The molecule has 0 aliphatic heterocycles. The molecule has 0 saturated heterocycles. The average molecular weight is 310 g/mol. The van der Waals surface area contributed by atoms with Gasteiger partial charge in [0.25, 0.3) is 0 Å². The van der Waals surface area contributed by atoms with E-state index in [0.29, 0.717) is 33.8 Å². The summed E-state index contributed by atoms with van der Waals surface area (Å²) in [5, 5.41) is 2.94. The van der Waals surface area contributed by atoms with Crippen LogP contribution in [-0.2, 0) is 11.2 Å². The third-order valence-electron chi connectivity index (χ3n) is 3.45. The molecule has 23 heavy (non-hydrogen) atoms. The van der Waals surface area contributed by atoms with E-state index in [1.54, 1.807) is 25.4 Å². The van der Waals surface area contributed by atoms with E-state index in [-0.39, 0.29) is 12.2 Å². The SMILES string of the molecule is CNc1ccc2ncc(-c3ccc(CC(C)=O)c(F)c3)nc2n1. The lowest BCUT2D eigenvalue weighted by Crippen LogP contribution is -2.00. The fourth-order valence-corrected chi connectivity index (χ4v) is 2.29. The molecular weight excluding hydrogens is 295 g/mol. The smallest absolute Gasteiger partial charge is 0.180 e. The standard InChI is InChI=1S/C17H15FN4O/c1-10(23)7-11-3-4-12(8-13(11)18)15-9-20-14-5-6-16(19-2)22-17(14)21-15/h3-6,8-9H,7H2,1-2H3,(H,19,21,22). The number of Topliss-reactive ketones (excluding diaryl/α,β-unsaturated/α-hetero) is 1. The van der Waals surface area contributed by atoms with Crippen LogP contribution >= 0.6 is 0 Å². The Balaban J connectivity index is 2.02. The molecule has 0 amide bonds. The lowest BCUT2D eigenvalue weighted by atomic mass is 10.0. The number of anilines is 1. The number of rotatable bonds is 4. The third-order valence-corrected chi connectivity index (χ3v) is 3.45. The quantitative estimate of drug-likeness (QED) is 0.802. The van der Waals surface area contributed by atoms with E-state index in [4.69, 9.17) is 0 Å². The fraction of sp³-hybridized carbons (Fsp3) is 0.176. The Labute approximate surface area is 132 Å². The molecule has 0 atom stereocenters. The molecule has 116 valence electrons. The summed E-state index contributed by atoms with van der Waals surface area (Å²) in [6.07, 6.45) is 1.67. The van der Waals surface area contributed by atoms with Crippen LogP contribution in [0.15, 0.2) is 36.5 Å². The number of carbonyl (C=O) groups is 1. The molecule has 3 aromatic rings. The molecule has 0 radical (unpaired) electrons. The Bertz CT molecular complexity index is 895. The highest BCUT2D eigenvalue weighted by molar-refractivity contribution is 5.79. The number of hydrogen-bond donors (Lipinski definition) is 1.